The molecule has 9 nitrogen and oxygen atoms in total. The fourth-order valence-electron chi connectivity index (χ4n) is 2.36. The Kier molecular flexibility index (Phi) is 12.9. The van der Waals surface area contributed by atoms with Gasteiger partial charge < -0.3 is 25.0 Å². The van der Waals surface area contributed by atoms with E-state index in [-0.39, 0.29) is 48.5 Å². The molecule has 1 amide bonds. The van der Waals surface area contributed by atoms with Gasteiger partial charge in [-0.05, 0) is 19.8 Å². The van der Waals surface area contributed by atoms with Gasteiger partial charge in [-0.2, -0.15) is 0 Å². The summed E-state index contributed by atoms with van der Waals surface area (Å²) < 4.78 is 32.2. The van der Waals surface area contributed by atoms with Crippen molar-refractivity contribution in [3.8, 4) is 0 Å². The van der Waals surface area contributed by atoms with E-state index < -0.39 is 9.84 Å². The lowest BCUT2D eigenvalue weighted by molar-refractivity contribution is 0.0962. The van der Waals surface area contributed by atoms with E-state index >= 15 is 0 Å². The van der Waals surface area contributed by atoms with E-state index in [0.717, 1.165) is 12.8 Å². The van der Waals surface area contributed by atoms with Gasteiger partial charge >= 0.3 is 6.09 Å². The summed E-state index contributed by atoms with van der Waals surface area (Å²) in [5.74, 6) is 0.695. The van der Waals surface area contributed by atoms with E-state index in [1.54, 1.807) is 18.9 Å². The van der Waals surface area contributed by atoms with Crippen LogP contribution in [0.4, 0.5) is 4.79 Å². The maximum Gasteiger partial charge on any atom is 0.409 e. The number of guanidine groups is 1. The smallest absolute Gasteiger partial charge is 0.409 e. The molecule has 0 unspecified atom stereocenters. The van der Waals surface area contributed by atoms with Gasteiger partial charge in [0.25, 0.3) is 0 Å². The fourth-order valence-corrected chi connectivity index (χ4v) is 2.78. The molecule has 0 aliphatic carbocycles. The monoisotopic (exact) mass is 506 g/mol. The summed E-state index contributed by atoms with van der Waals surface area (Å²) >= 11 is 0. The summed E-state index contributed by atoms with van der Waals surface area (Å²) in [5.41, 5.74) is 0. The van der Waals surface area contributed by atoms with Crippen LogP contribution in [0.1, 0.15) is 19.8 Å². The third kappa shape index (κ3) is 11.0. The van der Waals surface area contributed by atoms with Crippen molar-refractivity contribution >= 4 is 45.9 Å². The minimum Gasteiger partial charge on any atom is -0.450 e. The Morgan fingerprint density at radius 2 is 1.92 bits per heavy atom. The molecule has 1 heterocycles. The van der Waals surface area contributed by atoms with Crippen LogP contribution in [-0.4, -0.2) is 89.9 Å². The SMILES string of the molecule is CCOC(=O)N1CCC(NC(=NC)NCCOCCS(C)(=O)=O)CC1.I. The van der Waals surface area contributed by atoms with E-state index in [0.29, 0.717) is 38.8 Å². The van der Waals surface area contributed by atoms with Crippen LogP contribution in [0.5, 0.6) is 0 Å². The van der Waals surface area contributed by atoms with Crippen molar-refractivity contribution in [3.63, 3.8) is 0 Å². The third-order valence-corrected chi connectivity index (χ3v) is 4.63. The Hall–Kier alpha value is -0.820. The standard InChI is InChI=1S/C15H30N4O5S.HI/c1-4-24-15(20)19-8-5-13(6-9-19)18-14(16-2)17-7-10-23-11-12-25(3,21)22;/h13H,4-12H2,1-3H3,(H2,16,17,18);1H. The second kappa shape index (κ2) is 13.4. The number of nitrogens with one attached hydrogen (secondary N) is 2. The molecule has 2 N–H and O–H groups in total. The molecule has 0 aromatic rings. The highest BCUT2D eigenvalue weighted by atomic mass is 127. The van der Waals surface area contributed by atoms with Crippen LogP contribution < -0.4 is 10.6 Å². The molecule has 0 atom stereocenters. The fraction of sp³-hybridized carbons (Fsp3) is 0.867. The van der Waals surface area contributed by atoms with Crippen molar-refractivity contribution in [2.24, 2.45) is 4.99 Å². The summed E-state index contributed by atoms with van der Waals surface area (Å²) in [6.07, 6.45) is 2.58. The van der Waals surface area contributed by atoms with E-state index in [2.05, 4.69) is 15.6 Å². The molecule has 0 saturated carbocycles. The second-order valence-corrected chi connectivity index (χ2v) is 8.11. The van der Waals surface area contributed by atoms with Crippen molar-refractivity contribution in [2.75, 3.05) is 58.5 Å². The lowest BCUT2D eigenvalue weighted by atomic mass is 10.1. The summed E-state index contributed by atoms with van der Waals surface area (Å²) in [7, 11) is -1.30. The van der Waals surface area contributed by atoms with Gasteiger partial charge in [0.2, 0.25) is 0 Å². The molecule has 0 aromatic heterocycles. The molecule has 1 fully saturated rings. The highest BCUT2D eigenvalue weighted by molar-refractivity contribution is 14.0. The topological polar surface area (TPSA) is 109 Å². The van der Waals surface area contributed by atoms with Gasteiger partial charge in [-0.1, -0.05) is 0 Å². The number of hydrogen-bond donors (Lipinski definition) is 2. The van der Waals surface area contributed by atoms with Crippen molar-refractivity contribution in [3.05, 3.63) is 0 Å². The predicted octanol–water partition coefficient (Wildman–Crippen LogP) is 0.452. The highest BCUT2D eigenvalue weighted by Gasteiger charge is 2.23. The number of amides is 1. The normalized spacial score (nSPS) is 16.0. The Labute approximate surface area is 173 Å². The molecular weight excluding hydrogens is 475 g/mol. The van der Waals surface area contributed by atoms with Gasteiger partial charge in [-0.25, -0.2) is 13.2 Å². The molecule has 0 aromatic carbocycles. The van der Waals surface area contributed by atoms with Crippen LogP contribution in [0, 0.1) is 0 Å². The number of rotatable bonds is 8. The molecule has 0 spiro atoms. The molecule has 26 heavy (non-hydrogen) atoms. The first kappa shape index (κ1) is 25.2. The number of likely N-dealkylation sites (tertiary alicyclic amines) is 1. The van der Waals surface area contributed by atoms with Crippen LogP contribution in [0.15, 0.2) is 4.99 Å². The highest BCUT2D eigenvalue weighted by Crippen LogP contribution is 2.11. The summed E-state index contributed by atoms with van der Waals surface area (Å²) in [4.78, 5) is 17.5. The molecule has 1 aliphatic rings. The first-order valence-corrected chi connectivity index (χ1v) is 10.6. The number of sulfone groups is 1. The predicted molar refractivity (Wildman–Crippen MR) is 112 cm³/mol. The average molecular weight is 506 g/mol. The third-order valence-electron chi connectivity index (χ3n) is 3.72. The quantitative estimate of drug-likeness (QED) is 0.213. The Balaban J connectivity index is 0.00000625. The minimum absolute atomic E-state index is 0. The molecule has 11 heteroatoms. The zero-order valence-electron chi connectivity index (χ0n) is 15.7. The maximum absolute atomic E-state index is 11.7. The van der Waals surface area contributed by atoms with Crippen molar-refractivity contribution in [1.82, 2.24) is 15.5 Å². The number of ether oxygens (including phenoxy) is 2. The van der Waals surface area contributed by atoms with Crippen molar-refractivity contribution in [2.45, 2.75) is 25.8 Å². The average Bonchev–Trinajstić information content (AvgIpc) is 2.56. The Bertz CT molecular complexity index is 536. The number of hydrogen-bond acceptors (Lipinski definition) is 6. The number of nitrogens with zero attached hydrogens (tertiary/aromatic N) is 2. The van der Waals surface area contributed by atoms with Crippen LogP contribution >= 0.6 is 24.0 Å². The summed E-state index contributed by atoms with van der Waals surface area (Å²) in [6.45, 7) is 4.62. The zero-order valence-corrected chi connectivity index (χ0v) is 18.8. The molecule has 1 rings (SSSR count). The van der Waals surface area contributed by atoms with Gasteiger partial charge in [-0.15, -0.1) is 24.0 Å². The zero-order chi connectivity index (χ0) is 18.7. The summed E-state index contributed by atoms with van der Waals surface area (Å²) in [6, 6.07) is 0.239. The van der Waals surface area contributed by atoms with Gasteiger partial charge in [-0.3, -0.25) is 4.99 Å². The molecule has 0 bridgehead atoms. The molecule has 0 radical (unpaired) electrons. The number of piperidine rings is 1. The van der Waals surface area contributed by atoms with Gasteiger partial charge in [0.1, 0.15) is 9.84 Å². The van der Waals surface area contributed by atoms with Gasteiger partial charge in [0.05, 0.1) is 25.6 Å². The Morgan fingerprint density at radius 1 is 1.27 bits per heavy atom. The van der Waals surface area contributed by atoms with Crippen molar-refractivity contribution in [1.29, 1.82) is 0 Å². The largest absolute Gasteiger partial charge is 0.450 e. The van der Waals surface area contributed by atoms with E-state index in [1.165, 1.54) is 6.26 Å². The molecule has 1 saturated heterocycles. The van der Waals surface area contributed by atoms with E-state index in [9.17, 15) is 13.2 Å². The van der Waals surface area contributed by atoms with Crippen LogP contribution in [-0.2, 0) is 19.3 Å². The maximum atomic E-state index is 11.7. The Morgan fingerprint density at radius 3 is 2.46 bits per heavy atom. The lowest BCUT2D eigenvalue weighted by Crippen LogP contribution is -2.50. The summed E-state index contributed by atoms with van der Waals surface area (Å²) in [5, 5.41) is 6.45. The first-order chi connectivity index (χ1) is 11.9. The second-order valence-electron chi connectivity index (χ2n) is 5.85. The number of halogens is 1. The van der Waals surface area contributed by atoms with Crippen LogP contribution in [0.2, 0.25) is 0 Å². The number of carbonyl (C=O) groups is 1. The first-order valence-electron chi connectivity index (χ1n) is 8.50. The van der Waals surface area contributed by atoms with Gasteiger partial charge in [0, 0.05) is 39.0 Å². The van der Waals surface area contributed by atoms with Gasteiger partial charge in [0.15, 0.2) is 5.96 Å². The minimum atomic E-state index is -2.98. The van der Waals surface area contributed by atoms with E-state index in [4.69, 9.17) is 9.47 Å². The molecule has 1 aliphatic heterocycles. The van der Waals surface area contributed by atoms with Crippen molar-refractivity contribution < 1.29 is 22.7 Å². The lowest BCUT2D eigenvalue weighted by Gasteiger charge is -2.32. The van der Waals surface area contributed by atoms with Crippen LogP contribution in [0.25, 0.3) is 0 Å². The molecular formula is C15H31IN4O5S. The van der Waals surface area contributed by atoms with E-state index in [1.807, 2.05) is 0 Å². The number of carbonyl (C=O) groups excluding carboxylic acids is 1. The number of aliphatic imine (C=N–C) groups is 1. The van der Waals surface area contributed by atoms with Crippen LogP contribution in [0.3, 0.4) is 0 Å². The molecule has 154 valence electrons.